The molecule has 2 aromatic heterocycles. The minimum atomic E-state index is -4.49. The predicted molar refractivity (Wildman–Crippen MR) is 162 cm³/mol. The number of ether oxygens (including phenoxy) is 2. The quantitative estimate of drug-likeness (QED) is 0.277. The van der Waals surface area contributed by atoms with Gasteiger partial charge in [0.25, 0.3) is 15.6 Å². The van der Waals surface area contributed by atoms with E-state index in [1.54, 1.807) is 24.3 Å². The van der Waals surface area contributed by atoms with E-state index in [1.807, 2.05) is 18.2 Å². The second kappa shape index (κ2) is 11.5. The van der Waals surface area contributed by atoms with E-state index in [4.69, 9.17) is 15.2 Å². The second-order valence-corrected chi connectivity index (χ2v) is 11.6. The molecule has 226 valence electrons. The van der Waals surface area contributed by atoms with Crippen molar-refractivity contribution in [2.45, 2.75) is 4.90 Å². The fourth-order valence-electron chi connectivity index (χ4n) is 5.02. The summed E-state index contributed by atoms with van der Waals surface area (Å²) in [5.41, 5.74) is 8.53. The molecule has 3 heterocycles. The Morgan fingerprint density at radius 2 is 1.75 bits per heavy atom. The number of halogens is 2. The molecule has 14 heteroatoms. The van der Waals surface area contributed by atoms with Crippen LogP contribution in [0.3, 0.4) is 0 Å². The zero-order valence-corrected chi connectivity index (χ0v) is 24.1. The summed E-state index contributed by atoms with van der Waals surface area (Å²) in [6, 6.07) is 15.9. The van der Waals surface area contributed by atoms with Crippen LogP contribution >= 0.6 is 0 Å². The van der Waals surface area contributed by atoms with Gasteiger partial charge in [-0.1, -0.05) is 12.1 Å². The SMILES string of the molecule is COc1ncc(-c2ccc3nc(N)n(-c4cccc(N5CCOCC5)c4)c(=O)c3c2)cc1NS(=O)(=O)c1ccc(F)cc1F. The van der Waals surface area contributed by atoms with Crippen LogP contribution in [0.1, 0.15) is 0 Å². The van der Waals surface area contributed by atoms with Crippen LogP contribution in [-0.2, 0) is 14.8 Å². The number of morpholine rings is 1. The van der Waals surface area contributed by atoms with Crippen LogP contribution in [0.15, 0.2) is 82.6 Å². The Hall–Kier alpha value is -5.08. The molecule has 6 rings (SSSR count). The third-order valence-corrected chi connectivity index (χ3v) is 8.56. The van der Waals surface area contributed by atoms with E-state index < -0.39 is 32.1 Å². The number of rotatable bonds is 7. The van der Waals surface area contributed by atoms with E-state index in [1.165, 1.54) is 23.9 Å². The van der Waals surface area contributed by atoms with Crippen LogP contribution in [0, 0.1) is 11.6 Å². The van der Waals surface area contributed by atoms with Gasteiger partial charge in [0.05, 0.1) is 36.9 Å². The van der Waals surface area contributed by atoms with Gasteiger partial charge in [-0.2, -0.15) is 0 Å². The highest BCUT2D eigenvalue weighted by atomic mass is 32.2. The van der Waals surface area contributed by atoms with Gasteiger partial charge < -0.3 is 20.1 Å². The minimum Gasteiger partial charge on any atom is -0.480 e. The number of nitrogens with one attached hydrogen (secondary N) is 1. The Morgan fingerprint density at radius 3 is 2.50 bits per heavy atom. The first kappa shape index (κ1) is 29.0. The van der Waals surface area contributed by atoms with E-state index in [9.17, 15) is 22.0 Å². The molecule has 3 N–H and O–H groups in total. The van der Waals surface area contributed by atoms with E-state index >= 15 is 0 Å². The van der Waals surface area contributed by atoms with E-state index in [0.29, 0.717) is 41.6 Å². The molecule has 3 aromatic carbocycles. The Bertz CT molecular complexity index is 2070. The van der Waals surface area contributed by atoms with Gasteiger partial charge in [-0.25, -0.2) is 31.7 Å². The molecular weight excluding hydrogens is 594 g/mol. The fourth-order valence-corrected chi connectivity index (χ4v) is 6.13. The number of hydrogen-bond acceptors (Lipinski definition) is 9. The molecule has 0 aliphatic carbocycles. The van der Waals surface area contributed by atoms with Gasteiger partial charge in [0, 0.05) is 36.6 Å². The molecule has 1 fully saturated rings. The van der Waals surface area contributed by atoms with Crippen molar-refractivity contribution in [1.82, 2.24) is 14.5 Å². The van der Waals surface area contributed by atoms with Gasteiger partial charge in [-0.15, -0.1) is 0 Å². The molecule has 1 aliphatic heterocycles. The molecular formula is C30H26F2N6O5S. The number of sulfonamides is 1. The number of fused-ring (bicyclic) bond motifs is 1. The summed E-state index contributed by atoms with van der Waals surface area (Å²) >= 11 is 0. The lowest BCUT2D eigenvalue weighted by Crippen LogP contribution is -2.36. The summed E-state index contributed by atoms with van der Waals surface area (Å²) < 4.78 is 67.9. The summed E-state index contributed by atoms with van der Waals surface area (Å²) in [6.45, 7) is 2.67. The maximum Gasteiger partial charge on any atom is 0.267 e. The van der Waals surface area contributed by atoms with E-state index in [0.717, 1.165) is 30.9 Å². The molecule has 1 aliphatic rings. The molecule has 0 spiro atoms. The van der Waals surface area contributed by atoms with Crippen molar-refractivity contribution in [2.24, 2.45) is 0 Å². The van der Waals surface area contributed by atoms with E-state index in [2.05, 4.69) is 19.6 Å². The molecule has 0 saturated carbocycles. The number of nitrogens with two attached hydrogens (primary N) is 1. The summed E-state index contributed by atoms with van der Waals surface area (Å²) in [5, 5.41) is 0.264. The van der Waals surface area contributed by atoms with Crippen molar-refractivity contribution < 1.29 is 26.7 Å². The minimum absolute atomic E-state index is 0.0187. The molecule has 0 radical (unpaired) electrons. The van der Waals surface area contributed by atoms with E-state index in [-0.39, 0.29) is 22.9 Å². The zero-order chi connectivity index (χ0) is 31.0. The third-order valence-electron chi connectivity index (χ3n) is 7.16. The van der Waals surface area contributed by atoms with Crippen LogP contribution in [-0.4, -0.2) is 56.4 Å². The van der Waals surface area contributed by atoms with Crippen LogP contribution in [0.2, 0.25) is 0 Å². The number of methoxy groups -OCH3 is 1. The summed E-state index contributed by atoms with van der Waals surface area (Å²) in [5.74, 6) is -2.24. The first-order chi connectivity index (χ1) is 21.1. The fraction of sp³-hybridized carbons (Fsp3) is 0.167. The number of hydrogen-bond donors (Lipinski definition) is 2. The average Bonchev–Trinajstić information content (AvgIpc) is 3.01. The first-order valence-electron chi connectivity index (χ1n) is 13.4. The lowest BCUT2D eigenvalue weighted by molar-refractivity contribution is 0.122. The topological polar surface area (TPSA) is 142 Å². The van der Waals surface area contributed by atoms with Crippen molar-refractivity contribution in [3.05, 3.63) is 94.9 Å². The van der Waals surface area contributed by atoms with Gasteiger partial charge in [0.1, 0.15) is 22.2 Å². The number of nitrogen functional groups attached to an aromatic ring is 1. The molecule has 5 aromatic rings. The molecule has 1 saturated heterocycles. The lowest BCUT2D eigenvalue weighted by Gasteiger charge is -2.29. The monoisotopic (exact) mass is 620 g/mol. The highest BCUT2D eigenvalue weighted by Gasteiger charge is 2.23. The lowest BCUT2D eigenvalue weighted by atomic mass is 10.0. The summed E-state index contributed by atoms with van der Waals surface area (Å²) in [6.07, 6.45) is 1.44. The average molecular weight is 621 g/mol. The number of nitrogens with zero attached hydrogens (tertiary/aromatic N) is 4. The molecule has 0 atom stereocenters. The van der Waals surface area contributed by atoms with Crippen molar-refractivity contribution >= 4 is 38.2 Å². The highest BCUT2D eigenvalue weighted by molar-refractivity contribution is 7.92. The van der Waals surface area contributed by atoms with Gasteiger partial charge >= 0.3 is 0 Å². The van der Waals surface area contributed by atoms with Crippen molar-refractivity contribution in [2.75, 3.05) is 48.8 Å². The van der Waals surface area contributed by atoms with Gasteiger partial charge in [0.2, 0.25) is 11.8 Å². The number of aromatic nitrogens is 3. The van der Waals surface area contributed by atoms with Crippen LogP contribution in [0.5, 0.6) is 5.88 Å². The largest absolute Gasteiger partial charge is 0.480 e. The van der Waals surface area contributed by atoms with Gasteiger partial charge in [-0.3, -0.25) is 9.52 Å². The standard InChI is InChI=1S/C30H26F2N6O5S/c1-42-28-26(36-44(40,41)27-8-6-20(31)15-24(27)32)14-19(17-34-28)18-5-7-25-23(13-18)29(39)38(30(33)35-25)22-4-2-3-21(16-22)37-9-11-43-12-10-37/h2-8,13-17,36H,9-12H2,1H3,(H2,33,35). The van der Waals surface area contributed by atoms with Crippen molar-refractivity contribution in [1.29, 1.82) is 0 Å². The molecule has 0 bridgehead atoms. The van der Waals surface area contributed by atoms with Crippen LogP contribution in [0.4, 0.5) is 26.1 Å². The van der Waals surface area contributed by atoms with Gasteiger partial charge in [0.15, 0.2) is 0 Å². The molecule has 0 amide bonds. The Labute approximate surface area is 250 Å². The normalized spacial score (nSPS) is 13.7. The molecule has 44 heavy (non-hydrogen) atoms. The van der Waals surface area contributed by atoms with Gasteiger partial charge in [-0.05, 0) is 54.1 Å². The number of pyridine rings is 1. The Morgan fingerprint density at radius 1 is 0.977 bits per heavy atom. The zero-order valence-electron chi connectivity index (χ0n) is 23.3. The smallest absolute Gasteiger partial charge is 0.267 e. The molecule has 11 nitrogen and oxygen atoms in total. The Kier molecular flexibility index (Phi) is 7.61. The van der Waals surface area contributed by atoms with Crippen LogP contribution < -0.4 is 25.7 Å². The second-order valence-electron chi connectivity index (χ2n) is 9.92. The number of benzene rings is 3. The third kappa shape index (κ3) is 5.52. The van der Waals surface area contributed by atoms with Crippen LogP contribution in [0.25, 0.3) is 27.7 Å². The maximum absolute atomic E-state index is 14.3. The van der Waals surface area contributed by atoms with Crippen molar-refractivity contribution in [3.63, 3.8) is 0 Å². The highest BCUT2D eigenvalue weighted by Crippen LogP contribution is 2.32. The number of anilines is 3. The Balaban J connectivity index is 1.39. The predicted octanol–water partition coefficient (Wildman–Crippen LogP) is 3.95. The maximum atomic E-state index is 14.3. The first-order valence-corrected chi connectivity index (χ1v) is 14.9. The molecule has 0 unspecified atom stereocenters. The summed E-state index contributed by atoms with van der Waals surface area (Å²) in [7, 11) is -3.19. The van der Waals surface area contributed by atoms with Crippen molar-refractivity contribution in [3.8, 4) is 22.7 Å². The summed E-state index contributed by atoms with van der Waals surface area (Å²) in [4.78, 5) is 23.9.